The zero-order chi connectivity index (χ0) is 15.5. The summed E-state index contributed by atoms with van der Waals surface area (Å²) in [4.78, 5) is 0.246. The molecule has 0 heterocycles. The van der Waals surface area contributed by atoms with Gasteiger partial charge in [0.05, 0.1) is 4.90 Å². The first-order valence-corrected chi connectivity index (χ1v) is 10.5. The molecule has 1 aliphatic rings. The largest absolute Gasteiger partial charge is 0.398 e. The second kappa shape index (κ2) is 6.89. The highest BCUT2D eigenvalue weighted by molar-refractivity contribution is 9.10. The molecular formula is C14H21BrN2O2S2. The van der Waals surface area contributed by atoms with Crippen molar-refractivity contribution in [3.05, 3.63) is 22.7 Å². The van der Waals surface area contributed by atoms with Gasteiger partial charge in [0.1, 0.15) is 0 Å². The molecule has 1 aromatic rings. The van der Waals surface area contributed by atoms with Crippen LogP contribution in [0.3, 0.4) is 0 Å². The summed E-state index contributed by atoms with van der Waals surface area (Å²) in [6.07, 6.45) is 7.82. The van der Waals surface area contributed by atoms with Crippen molar-refractivity contribution < 1.29 is 8.42 Å². The van der Waals surface area contributed by atoms with Gasteiger partial charge in [-0.3, -0.25) is 0 Å². The summed E-state index contributed by atoms with van der Waals surface area (Å²) in [6, 6.07) is 4.68. The Balaban J connectivity index is 2.11. The van der Waals surface area contributed by atoms with E-state index in [9.17, 15) is 8.42 Å². The molecule has 4 nitrogen and oxygen atoms in total. The fourth-order valence-electron chi connectivity index (χ4n) is 2.63. The molecule has 0 saturated heterocycles. The van der Waals surface area contributed by atoms with Crippen LogP contribution in [-0.2, 0) is 10.0 Å². The fraction of sp³-hybridized carbons (Fsp3) is 0.571. The SMILES string of the molecule is CSC1(CNS(=O)(=O)c2ccc(N)c(Br)c2)CCCCC1. The minimum Gasteiger partial charge on any atom is -0.398 e. The van der Waals surface area contributed by atoms with Crippen molar-refractivity contribution in [3.8, 4) is 0 Å². The number of nitrogen functional groups attached to an aromatic ring is 1. The van der Waals surface area contributed by atoms with Gasteiger partial charge in [-0.05, 0) is 53.2 Å². The van der Waals surface area contributed by atoms with Crippen LogP contribution >= 0.6 is 27.7 Å². The number of nitrogens with two attached hydrogens (primary N) is 1. The number of sulfonamides is 1. The average Bonchev–Trinajstić information content (AvgIpc) is 2.49. The van der Waals surface area contributed by atoms with Crippen LogP contribution in [0.15, 0.2) is 27.6 Å². The van der Waals surface area contributed by atoms with Crippen LogP contribution in [0.4, 0.5) is 5.69 Å². The quantitative estimate of drug-likeness (QED) is 0.753. The first-order valence-electron chi connectivity index (χ1n) is 6.98. The maximum atomic E-state index is 12.4. The summed E-state index contributed by atoms with van der Waals surface area (Å²) in [6.45, 7) is 0.485. The Kier molecular flexibility index (Phi) is 5.62. The number of benzene rings is 1. The lowest BCUT2D eigenvalue weighted by Gasteiger charge is -2.35. The van der Waals surface area contributed by atoms with Crippen LogP contribution in [0.25, 0.3) is 0 Å². The standard InChI is InChI=1S/C14H21BrN2O2S2/c1-20-14(7-3-2-4-8-14)10-17-21(18,19)11-5-6-13(16)12(15)9-11/h5-6,9,17H,2-4,7-8,10,16H2,1H3. The van der Waals surface area contributed by atoms with E-state index >= 15 is 0 Å². The predicted molar refractivity (Wildman–Crippen MR) is 93.1 cm³/mol. The monoisotopic (exact) mass is 392 g/mol. The Morgan fingerprint density at radius 2 is 2.00 bits per heavy atom. The zero-order valence-electron chi connectivity index (χ0n) is 12.1. The van der Waals surface area contributed by atoms with Gasteiger partial charge in [0.2, 0.25) is 10.0 Å². The van der Waals surface area contributed by atoms with Gasteiger partial charge in [-0.25, -0.2) is 13.1 Å². The molecule has 1 saturated carbocycles. The number of hydrogen-bond donors (Lipinski definition) is 2. The van der Waals surface area contributed by atoms with E-state index < -0.39 is 10.0 Å². The number of thioether (sulfide) groups is 1. The predicted octanol–water partition coefficient (Wildman–Crippen LogP) is 3.38. The van der Waals surface area contributed by atoms with Gasteiger partial charge >= 0.3 is 0 Å². The minimum absolute atomic E-state index is 0.0381. The summed E-state index contributed by atoms with van der Waals surface area (Å²) >= 11 is 5.05. The Morgan fingerprint density at radius 3 is 2.57 bits per heavy atom. The molecule has 118 valence electrons. The van der Waals surface area contributed by atoms with E-state index in [1.54, 1.807) is 23.9 Å². The van der Waals surface area contributed by atoms with Gasteiger partial charge in [-0.2, -0.15) is 11.8 Å². The minimum atomic E-state index is -3.50. The summed E-state index contributed by atoms with van der Waals surface area (Å²) in [5.74, 6) is 0. The molecule has 2 rings (SSSR count). The van der Waals surface area contributed by atoms with Crippen molar-refractivity contribution in [2.75, 3.05) is 18.5 Å². The van der Waals surface area contributed by atoms with Gasteiger partial charge in [0.15, 0.2) is 0 Å². The second-order valence-electron chi connectivity index (χ2n) is 5.46. The molecule has 0 unspecified atom stereocenters. The Bertz CT molecular complexity index is 599. The number of halogens is 1. The lowest BCUT2D eigenvalue weighted by Crippen LogP contribution is -2.41. The molecule has 3 N–H and O–H groups in total. The molecule has 0 radical (unpaired) electrons. The molecule has 1 fully saturated rings. The van der Waals surface area contributed by atoms with E-state index in [0.717, 1.165) is 12.8 Å². The molecule has 0 atom stereocenters. The highest BCUT2D eigenvalue weighted by Gasteiger charge is 2.32. The van der Waals surface area contributed by atoms with Crippen LogP contribution < -0.4 is 10.5 Å². The Morgan fingerprint density at radius 1 is 1.33 bits per heavy atom. The van der Waals surface area contributed by atoms with Gasteiger partial charge < -0.3 is 5.73 Å². The number of anilines is 1. The molecule has 0 aliphatic heterocycles. The highest BCUT2D eigenvalue weighted by Crippen LogP contribution is 2.38. The third-order valence-electron chi connectivity index (χ3n) is 4.06. The maximum absolute atomic E-state index is 12.4. The average molecular weight is 393 g/mol. The highest BCUT2D eigenvalue weighted by atomic mass is 79.9. The molecule has 0 spiro atoms. The number of nitrogens with one attached hydrogen (secondary N) is 1. The van der Waals surface area contributed by atoms with Gasteiger partial charge in [-0.15, -0.1) is 0 Å². The lowest BCUT2D eigenvalue weighted by molar-refractivity contribution is 0.395. The Hall–Kier alpha value is -0.240. The molecule has 1 aliphatic carbocycles. The van der Waals surface area contributed by atoms with Gasteiger partial charge in [-0.1, -0.05) is 19.3 Å². The fourth-order valence-corrected chi connectivity index (χ4v) is 5.32. The molecule has 21 heavy (non-hydrogen) atoms. The normalized spacial score (nSPS) is 18.6. The molecule has 0 amide bonds. The van der Waals surface area contributed by atoms with E-state index in [1.807, 2.05) is 0 Å². The zero-order valence-corrected chi connectivity index (χ0v) is 15.3. The lowest BCUT2D eigenvalue weighted by atomic mass is 9.88. The summed E-state index contributed by atoms with van der Waals surface area (Å²) in [5.41, 5.74) is 6.23. The van der Waals surface area contributed by atoms with E-state index in [4.69, 9.17) is 5.73 Å². The molecule has 7 heteroatoms. The van der Waals surface area contributed by atoms with E-state index in [1.165, 1.54) is 25.3 Å². The molecule has 1 aromatic carbocycles. The summed E-state index contributed by atoms with van der Waals surface area (Å²) < 4.78 is 28.2. The Labute approximate surface area is 139 Å². The van der Waals surface area contributed by atoms with Crippen molar-refractivity contribution in [1.82, 2.24) is 4.72 Å². The van der Waals surface area contributed by atoms with Crippen molar-refractivity contribution >= 4 is 43.4 Å². The van der Waals surface area contributed by atoms with Crippen molar-refractivity contribution in [2.24, 2.45) is 0 Å². The third-order valence-corrected chi connectivity index (χ3v) is 7.57. The number of rotatable bonds is 5. The van der Waals surface area contributed by atoms with Crippen LogP contribution in [0, 0.1) is 0 Å². The first kappa shape index (κ1) is 17.1. The van der Waals surface area contributed by atoms with E-state index in [0.29, 0.717) is 16.7 Å². The van der Waals surface area contributed by atoms with Gasteiger partial charge in [0, 0.05) is 21.5 Å². The van der Waals surface area contributed by atoms with Crippen LogP contribution in [0.1, 0.15) is 32.1 Å². The first-order chi connectivity index (χ1) is 9.88. The van der Waals surface area contributed by atoms with Crippen molar-refractivity contribution in [3.63, 3.8) is 0 Å². The van der Waals surface area contributed by atoms with E-state index in [2.05, 4.69) is 26.9 Å². The van der Waals surface area contributed by atoms with Crippen LogP contribution in [0.2, 0.25) is 0 Å². The van der Waals surface area contributed by atoms with Gasteiger partial charge in [0.25, 0.3) is 0 Å². The molecule has 0 aromatic heterocycles. The van der Waals surface area contributed by atoms with E-state index in [-0.39, 0.29) is 9.64 Å². The van der Waals surface area contributed by atoms with Crippen molar-refractivity contribution in [1.29, 1.82) is 0 Å². The summed E-state index contributed by atoms with van der Waals surface area (Å²) in [7, 11) is -3.50. The maximum Gasteiger partial charge on any atom is 0.240 e. The van der Waals surface area contributed by atoms with Crippen LogP contribution in [0.5, 0.6) is 0 Å². The smallest absolute Gasteiger partial charge is 0.240 e. The topological polar surface area (TPSA) is 72.2 Å². The summed E-state index contributed by atoms with van der Waals surface area (Å²) in [5, 5.41) is 0. The second-order valence-corrected chi connectivity index (χ2v) is 9.35. The number of hydrogen-bond acceptors (Lipinski definition) is 4. The van der Waals surface area contributed by atoms with Crippen LogP contribution in [-0.4, -0.2) is 26.0 Å². The molecule has 0 bridgehead atoms. The molecular weight excluding hydrogens is 372 g/mol. The van der Waals surface area contributed by atoms with Crippen molar-refractivity contribution in [2.45, 2.75) is 41.7 Å². The third kappa shape index (κ3) is 4.15.